The first-order valence-corrected chi connectivity index (χ1v) is 10.2. The van der Waals surface area contributed by atoms with Gasteiger partial charge in [0.1, 0.15) is 11.6 Å². The quantitative estimate of drug-likeness (QED) is 0.344. The lowest BCUT2D eigenvalue weighted by molar-refractivity contribution is 0.380. The molecule has 28 heavy (non-hydrogen) atoms. The Hall–Kier alpha value is -1.65. The lowest BCUT2D eigenvalue weighted by atomic mass is 10.1. The van der Waals surface area contributed by atoms with Crippen molar-refractivity contribution in [2.75, 3.05) is 6.54 Å². The molecule has 0 aromatic carbocycles. The zero-order chi connectivity index (χ0) is 19.1. The van der Waals surface area contributed by atoms with Crippen molar-refractivity contribution in [3.05, 3.63) is 28.7 Å². The summed E-state index contributed by atoms with van der Waals surface area (Å²) in [5, 5.41) is 19.6. The van der Waals surface area contributed by atoms with E-state index in [1.54, 1.807) is 0 Å². The molecule has 9 heteroatoms. The van der Waals surface area contributed by atoms with E-state index in [0.717, 1.165) is 67.0 Å². The van der Waals surface area contributed by atoms with E-state index >= 15 is 0 Å². The van der Waals surface area contributed by atoms with Gasteiger partial charge in [0.05, 0.1) is 18.8 Å². The normalized spacial score (nSPS) is 14.2. The highest BCUT2D eigenvalue weighted by atomic mass is 127. The molecule has 0 aliphatic carbocycles. The molecule has 0 saturated heterocycles. The highest BCUT2D eigenvalue weighted by Crippen LogP contribution is 2.17. The number of nitrogens with one attached hydrogen (secondary N) is 2. The van der Waals surface area contributed by atoms with Gasteiger partial charge in [0.15, 0.2) is 11.8 Å². The van der Waals surface area contributed by atoms with Crippen LogP contribution < -0.4 is 10.6 Å². The fraction of sp³-hybridized carbons (Fsp3) is 0.684. The topological polar surface area (TPSA) is 93.2 Å². The van der Waals surface area contributed by atoms with Crippen molar-refractivity contribution >= 4 is 29.9 Å². The van der Waals surface area contributed by atoms with Gasteiger partial charge in [-0.05, 0) is 26.2 Å². The molecule has 1 aliphatic rings. The number of nitrogens with zero attached hydrogens (tertiary/aromatic N) is 5. The minimum atomic E-state index is 0. The van der Waals surface area contributed by atoms with Crippen LogP contribution in [0.1, 0.15) is 68.7 Å². The molecule has 0 saturated carbocycles. The molecule has 1 aliphatic heterocycles. The van der Waals surface area contributed by atoms with Gasteiger partial charge in [0.2, 0.25) is 0 Å². The van der Waals surface area contributed by atoms with Crippen molar-refractivity contribution < 1.29 is 4.52 Å². The smallest absolute Gasteiger partial charge is 0.191 e. The van der Waals surface area contributed by atoms with Crippen LogP contribution in [0.15, 0.2) is 9.52 Å². The maximum Gasteiger partial charge on any atom is 0.191 e. The molecule has 0 unspecified atom stereocenters. The van der Waals surface area contributed by atoms with Crippen molar-refractivity contribution in [2.24, 2.45) is 4.99 Å². The molecular weight excluding hydrogens is 469 g/mol. The first-order chi connectivity index (χ1) is 13.3. The number of aromatic nitrogens is 4. The van der Waals surface area contributed by atoms with E-state index in [0.29, 0.717) is 13.1 Å². The molecule has 0 spiro atoms. The lowest BCUT2D eigenvalue weighted by Crippen LogP contribution is -2.37. The van der Waals surface area contributed by atoms with Crippen molar-refractivity contribution in [3.63, 3.8) is 0 Å². The van der Waals surface area contributed by atoms with Gasteiger partial charge in [-0.25, -0.2) is 4.99 Å². The number of hydrogen-bond acceptors (Lipinski definition) is 5. The van der Waals surface area contributed by atoms with Crippen molar-refractivity contribution in [2.45, 2.75) is 78.9 Å². The lowest BCUT2D eigenvalue weighted by Gasteiger charge is -2.12. The summed E-state index contributed by atoms with van der Waals surface area (Å²) in [5.41, 5.74) is 2.10. The van der Waals surface area contributed by atoms with Gasteiger partial charge in [-0.2, -0.15) is 0 Å². The van der Waals surface area contributed by atoms with Crippen molar-refractivity contribution in [1.29, 1.82) is 0 Å². The molecule has 0 bridgehead atoms. The van der Waals surface area contributed by atoms with Gasteiger partial charge in [-0.3, -0.25) is 0 Å². The predicted molar refractivity (Wildman–Crippen MR) is 120 cm³/mol. The van der Waals surface area contributed by atoms with E-state index in [1.165, 1.54) is 19.3 Å². The Balaban J connectivity index is 0.00000280. The second kappa shape index (κ2) is 11.4. The van der Waals surface area contributed by atoms with Crippen molar-refractivity contribution in [3.8, 4) is 0 Å². The summed E-state index contributed by atoms with van der Waals surface area (Å²) >= 11 is 0. The summed E-state index contributed by atoms with van der Waals surface area (Å²) in [6.45, 7) is 9.21. The number of aliphatic imine (C=N–C) groups is 1. The average Bonchev–Trinajstić information content (AvgIpc) is 3.19. The number of guanidine groups is 1. The summed E-state index contributed by atoms with van der Waals surface area (Å²) in [7, 11) is 0. The van der Waals surface area contributed by atoms with Crippen LogP contribution in [-0.2, 0) is 38.9 Å². The van der Waals surface area contributed by atoms with Gasteiger partial charge in [-0.15, -0.1) is 34.2 Å². The van der Waals surface area contributed by atoms with E-state index < -0.39 is 0 Å². The maximum atomic E-state index is 5.44. The molecule has 3 heterocycles. The Morgan fingerprint density at radius 2 is 1.96 bits per heavy atom. The van der Waals surface area contributed by atoms with Crippen LogP contribution in [0.2, 0.25) is 0 Å². The number of aryl methyl sites for hydroxylation is 3. The van der Waals surface area contributed by atoms with Crippen LogP contribution in [-0.4, -0.2) is 32.4 Å². The standard InChI is InChI=1S/C19H31N7O.HI/c1-4-15-14(16(5-2)27-25-15)12-21-19(20-6-3)22-13-18-24-23-17-10-8-7-9-11-26(17)18;/h4-13H2,1-3H3,(H2,20,21,22);1H. The minimum absolute atomic E-state index is 0. The second-order valence-corrected chi connectivity index (χ2v) is 6.78. The first-order valence-electron chi connectivity index (χ1n) is 10.2. The molecular formula is C19H32IN7O. The highest BCUT2D eigenvalue weighted by Gasteiger charge is 2.16. The van der Waals surface area contributed by atoms with Gasteiger partial charge >= 0.3 is 0 Å². The minimum Gasteiger partial charge on any atom is -0.361 e. The Bertz CT molecular complexity index is 747. The zero-order valence-corrected chi connectivity index (χ0v) is 19.5. The third-order valence-corrected chi connectivity index (χ3v) is 4.95. The number of hydrogen-bond donors (Lipinski definition) is 2. The first kappa shape index (κ1) is 22.6. The van der Waals surface area contributed by atoms with E-state index in [1.807, 2.05) is 0 Å². The summed E-state index contributed by atoms with van der Waals surface area (Å²) in [6, 6.07) is 0. The molecule has 3 rings (SSSR count). The SMILES string of the molecule is CCNC(=NCc1c(CC)noc1CC)NCc1nnc2n1CCCCC2.I. The second-order valence-electron chi connectivity index (χ2n) is 6.78. The molecule has 0 amide bonds. The fourth-order valence-corrected chi connectivity index (χ4v) is 3.46. The molecule has 0 atom stereocenters. The Kier molecular flexibility index (Phi) is 9.20. The van der Waals surface area contributed by atoms with E-state index in [9.17, 15) is 0 Å². The molecule has 0 radical (unpaired) electrons. The fourth-order valence-electron chi connectivity index (χ4n) is 3.46. The van der Waals surface area contributed by atoms with Crippen LogP contribution >= 0.6 is 24.0 Å². The van der Waals surface area contributed by atoms with Crippen LogP contribution in [0.25, 0.3) is 0 Å². The van der Waals surface area contributed by atoms with Gasteiger partial charge in [0.25, 0.3) is 0 Å². The largest absolute Gasteiger partial charge is 0.361 e. The van der Waals surface area contributed by atoms with Crippen LogP contribution in [0.5, 0.6) is 0 Å². The maximum absolute atomic E-state index is 5.44. The number of halogens is 1. The van der Waals surface area contributed by atoms with E-state index in [2.05, 4.69) is 51.3 Å². The van der Waals surface area contributed by atoms with Crippen molar-refractivity contribution in [1.82, 2.24) is 30.6 Å². The number of fused-ring (bicyclic) bond motifs is 1. The Morgan fingerprint density at radius 3 is 2.71 bits per heavy atom. The van der Waals surface area contributed by atoms with Gasteiger partial charge < -0.3 is 19.7 Å². The molecule has 2 aromatic rings. The van der Waals surface area contributed by atoms with E-state index in [4.69, 9.17) is 9.52 Å². The monoisotopic (exact) mass is 501 g/mol. The zero-order valence-electron chi connectivity index (χ0n) is 17.1. The molecule has 2 aromatic heterocycles. The third kappa shape index (κ3) is 5.45. The Morgan fingerprint density at radius 1 is 1.11 bits per heavy atom. The molecule has 2 N–H and O–H groups in total. The van der Waals surface area contributed by atoms with Crippen LogP contribution in [0.3, 0.4) is 0 Å². The highest BCUT2D eigenvalue weighted by molar-refractivity contribution is 14.0. The van der Waals surface area contributed by atoms with Crippen LogP contribution in [0, 0.1) is 0 Å². The molecule has 156 valence electrons. The third-order valence-electron chi connectivity index (χ3n) is 4.95. The number of rotatable bonds is 7. The van der Waals surface area contributed by atoms with Gasteiger partial charge in [-0.1, -0.05) is 25.4 Å². The summed E-state index contributed by atoms with van der Waals surface area (Å²) < 4.78 is 7.70. The molecule has 0 fully saturated rings. The van der Waals surface area contributed by atoms with Crippen LogP contribution in [0.4, 0.5) is 0 Å². The Labute approximate surface area is 184 Å². The molecule has 8 nitrogen and oxygen atoms in total. The predicted octanol–water partition coefficient (Wildman–Crippen LogP) is 2.99. The summed E-state index contributed by atoms with van der Waals surface area (Å²) in [5.74, 6) is 3.78. The van der Waals surface area contributed by atoms with E-state index in [-0.39, 0.29) is 24.0 Å². The summed E-state index contributed by atoms with van der Waals surface area (Å²) in [6.07, 6.45) is 6.36. The van der Waals surface area contributed by atoms with Gasteiger partial charge in [0, 0.05) is 31.5 Å². The average molecular weight is 501 g/mol. The summed E-state index contributed by atoms with van der Waals surface area (Å²) in [4.78, 5) is 4.74.